The Bertz CT molecular complexity index is 96.5. The first-order chi connectivity index (χ1) is 6.54. The molecule has 0 unspecified atom stereocenters. The summed E-state index contributed by atoms with van der Waals surface area (Å²) < 4.78 is 0. The van der Waals surface area contributed by atoms with Crippen LogP contribution in [0.25, 0.3) is 5.32 Å². The van der Waals surface area contributed by atoms with Crippen molar-refractivity contribution in [3.05, 3.63) is 5.32 Å². The van der Waals surface area contributed by atoms with Crippen molar-refractivity contribution in [3.63, 3.8) is 0 Å². The van der Waals surface area contributed by atoms with Crippen LogP contribution in [-0.4, -0.2) is 24.8 Å². The maximum Gasteiger partial charge on any atom is 0.0430 e. The summed E-state index contributed by atoms with van der Waals surface area (Å²) in [5.41, 5.74) is 0. The van der Waals surface area contributed by atoms with Crippen molar-refractivity contribution in [2.75, 3.05) is 19.7 Å². The molecular weight excluding hydrogens is 293 g/mol. The van der Waals surface area contributed by atoms with Crippen LogP contribution >= 0.6 is 24.8 Å². The number of hydrogen-bond donors (Lipinski definition) is 1. The minimum atomic E-state index is 0. The van der Waals surface area contributed by atoms with Gasteiger partial charge in [0, 0.05) is 28.3 Å². The van der Waals surface area contributed by atoms with E-state index < -0.39 is 0 Å². The number of halogens is 2. The van der Waals surface area contributed by atoms with E-state index in [0.717, 1.165) is 37.8 Å². The minimum absolute atomic E-state index is 0. The SMILES string of the molecule is CC(C)C[N-]CC(C)C.CCCCO.Cl.Cl.[Ti]. The number of rotatable bonds is 6. The van der Waals surface area contributed by atoms with Crippen molar-refractivity contribution in [1.82, 2.24) is 0 Å². The molecule has 0 rings (SSSR count). The Labute approximate surface area is 135 Å². The number of aliphatic hydroxyl groups is 1. The fourth-order valence-electron chi connectivity index (χ4n) is 0.749. The molecule has 0 radical (unpaired) electrons. The maximum absolute atomic E-state index is 8.07. The third-order valence-corrected chi connectivity index (χ3v) is 1.50. The van der Waals surface area contributed by atoms with Gasteiger partial charge in [-0.3, -0.25) is 0 Å². The zero-order chi connectivity index (χ0) is 11.4. The van der Waals surface area contributed by atoms with Crippen LogP contribution in [0, 0.1) is 11.8 Å². The monoisotopic (exact) mass is 322 g/mol. The van der Waals surface area contributed by atoms with Crippen LogP contribution < -0.4 is 0 Å². The van der Waals surface area contributed by atoms with E-state index >= 15 is 0 Å². The first-order valence-corrected chi connectivity index (χ1v) is 5.78. The number of nitrogens with zero attached hydrogens (tertiary/aromatic N) is 1. The summed E-state index contributed by atoms with van der Waals surface area (Å²) in [7, 11) is 0. The second-order valence-corrected chi connectivity index (χ2v) is 4.45. The molecule has 0 saturated carbocycles. The molecule has 0 aliphatic carbocycles. The van der Waals surface area contributed by atoms with E-state index in [1.54, 1.807) is 0 Å². The number of hydrogen-bond acceptors (Lipinski definition) is 1. The summed E-state index contributed by atoms with van der Waals surface area (Å²) in [5.74, 6) is 1.45. The Morgan fingerprint density at radius 2 is 1.29 bits per heavy atom. The third kappa shape index (κ3) is 46.9. The Kier molecular flexibility index (Phi) is 47.1. The second-order valence-electron chi connectivity index (χ2n) is 4.45. The van der Waals surface area contributed by atoms with E-state index in [1.807, 2.05) is 0 Å². The molecule has 17 heavy (non-hydrogen) atoms. The van der Waals surface area contributed by atoms with E-state index in [0.29, 0.717) is 6.61 Å². The summed E-state index contributed by atoms with van der Waals surface area (Å²) in [4.78, 5) is 0. The van der Waals surface area contributed by atoms with Crippen LogP contribution in [0.2, 0.25) is 0 Å². The van der Waals surface area contributed by atoms with Crippen LogP contribution in [0.15, 0.2) is 0 Å². The van der Waals surface area contributed by atoms with Gasteiger partial charge in [0.1, 0.15) is 0 Å². The summed E-state index contributed by atoms with van der Waals surface area (Å²) >= 11 is 0. The summed E-state index contributed by atoms with van der Waals surface area (Å²) in [6.07, 6.45) is 2.04. The average molecular weight is 323 g/mol. The van der Waals surface area contributed by atoms with Gasteiger partial charge in [-0.25, -0.2) is 0 Å². The van der Waals surface area contributed by atoms with Crippen molar-refractivity contribution in [2.24, 2.45) is 11.8 Å². The molecule has 2 nitrogen and oxygen atoms in total. The van der Waals surface area contributed by atoms with E-state index in [2.05, 4.69) is 39.9 Å². The van der Waals surface area contributed by atoms with Crippen molar-refractivity contribution >= 4 is 24.8 Å². The van der Waals surface area contributed by atoms with E-state index in [1.165, 1.54) is 0 Å². The minimum Gasteiger partial charge on any atom is -0.662 e. The van der Waals surface area contributed by atoms with Gasteiger partial charge in [0.2, 0.25) is 0 Å². The zero-order valence-electron chi connectivity index (χ0n) is 11.9. The summed E-state index contributed by atoms with van der Waals surface area (Å²) in [6.45, 7) is 13.2. The fourth-order valence-corrected chi connectivity index (χ4v) is 0.749. The van der Waals surface area contributed by atoms with Crippen LogP contribution in [-0.2, 0) is 21.7 Å². The predicted octanol–water partition coefficient (Wildman–Crippen LogP) is 4.29. The molecule has 5 heteroatoms. The van der Waals surface area contributed by atoms with Gasteiger partial charge < -0.3 is 10.4 Å². The second kappa shape index (κ2) is 25.9. The van der Waals surface area contributed by atoms with E-state index in [9.17, 15) is 0 Å². The first kappa shape index (κ1) is 30.9. The Hall–Kier alpha value is 1.21. The largest absolute Gasteiger partial charge is 0.662 e. The molecule has 0 fully saturated rings. The fraction of sp³-hybridized carbons (Fsp3) is 1.00. The van der Waals surface area contributed by atoms with Gasteiger partial charge in [0.15, 0.2) is 0 Å². The molecule has 0 spiro atoms. The molecule has 0 aliphatic heterocycles. The van der Waals surface area contributed by atoms with Crippen molar-refractivity contribution < 1.29 is 26.8 Å². The maximum atomic E-state index is 8.07. The molecular formula is C12H30Cl2NOTi-. The Morgan fingerprint density at radius 1 is 0.941 bits per heavy atom. The van der Waals surface area contributed by atoms with E-state index in [-0.39, 0.29) is 46.5 Å². The van der Waals surface area contributed by atoms with Crippen LogP contribution in [0.3, 0.4) is 0 Å². The van der Waals surface area contributed by atoms with Gasteiger partial charge in [0.25, 0.3) is 0 Å². The van der Waals surface area contributed by atoms with E-state index in [4.69, 9.17) is 5.11 Å². The van der Waals surface area contributed by atoms with Crippen LogP contribution in [0.1, 0.15) is 47.5 Å². The normalized spacial score (nSPS) is 8.47. The zero-order valence-corrected chi connectivity index (χ0v) is 15.1. The van der Waals surface area contributed by atoms with Gasteiger partial charge in [0.05, 0.1) is 0 Å². The van der Waals surface area contributed by atoms with Crippen molar-refractivity contribution in [3.8, 4) is 0 Å². The molecule has 0 aliphatic rings. The van der Waals surface area contributed by atoms with Crippen LogP contribution in [0.4, 0.5) is 0 Å². The average Bonchev–Trinajstić information content (AvgIpc) is 2.05. The molecule has 0 atom stereocenters. The smallest absolute Gasteiger partial charge is 0.0430 e. The molecule has 0 saturated heterocycles. The molecule has 0 heterocycles. The standard InChI is InChI=1S/C8H18N.C4H10O.2ClH.Ti/c1-7(2)5-9-6-8(3)4;1-2-3-4-5;;;/h7-8H,5-6H2,1-4H3;5H,2-4H2,1H3;2*1H;/q-1;;;;. The summed E-state index contributed by atoms with van der Waals surface area (Å²) in [6, 6.07) is 0. The van der Waals surface area contributed by atoms with Gasteiger partial charge in [-0.05, 0) is 6.42 Å². The van der Waals surface area contributed by atoms with Gasteiger partial charge in [-0.2, -0.15) is 0 Å². The third-order valence-electron chi connectivity index (χ3n) is 1.50. The number of aliphatic hydroxyl groups excluding tert-OH is 1. The molecule has 0 amide bonds. The Morgan fingerprint density at radius 3 is 1.41 bits per heavy atom. The molecule has 0 aromatic carbocycles. The van der Waals surface area contributed by atoms with Gasteiger partial charge in [-0.15, -0.1) is 37.9 Å². The van der Waals surface area contributed by atoms with Crippen molar-refractivity contribution in [2.45, 2.75) is 47.5 Å². The molecule has 0 bridgehead atoms. The number of unbranched alkanes of at least 4 members (excludes halogenated alkanes) is 1. The molecule has 1 N–H and O–H groups in total. The van der Waals surface area contributed by atoms with Crippen LogP contribution in [0.5, 0.6) is 0 Å². The molecule has 0 aromatic heterocycles. The quantitative estimate of drug-likeness (QED) is 0.727. The first-order valence-electron chi connectivity index (χ1n) is 5.78. The predicted molar refractivity (Wildman–Crippen MR) is 79.3 cm³/mol. The summed E-state index contributed by atoms with van der Waals surface area (Å²) in [5, 5.41) is 12.4. The molecule has 108 valence electrons. The Balaban J connectivity index is -0.0000000533. The molecule has 0 aromatic rings. The van der Waals surface area contributed by atoms with Gasteiger partial charge >= 0.3 is 0 Å². The topological polar surface area (TPSA) is 34.3 Å². The van der Waals surface area contributed by atoms with Gasteiger partial charge in [-0.1, -0.05) is 52.9 Å². The van der Waals surface area contributed by atoms with Crippen molar-refractivity contribution in [1.29, 1.82) is 0 Å².